The molecule has 0 aliphatic carbocycles. The van der Waals surface area contributed by atoms with Crippen molar-refractivity contribution < 1.29 is 17.9 Å². The topological polar surface area (TPSA) is 75.7 Å². The third kappa shape index (κ3) is 4.84. The molecule has 1 aliphatic heterocycles. The molecule has 0 radical (unpaired) electrons. The molecule has 0 unspecified atom stereocenters. The third-order valence-electron chi connectivity index (χ3n) is 4.83. The van der Waals surface area contributed by atoms with E-state index in [0.29, 0.717) is 36.7 Å². The molecule has 1 amide bonds. The molecule has 1 N–H and O–H groups in total. The molecule has 3 rings (SSSR count). The van der Waals surface area contributed by atoms with Crippen molar-refractivity contribution in [3.05, 3.63) is 59.1 Å². The average molecular weight is 423 g/mol. The molecule has 0 saturated carbocycles. The molecule has 28 heavy (non-hydrogen) atoms. The predicted molar refractivity (Wildman–Crippen MR) is 108 cm³/mol. The first-order valence-corrected chi connectivity index (χ1v) is 10.9. The van der Waals surface area contributed by atoms with Crippen LogP contribution in [0, 0.1) is 5.92 Å². The molecule has 8 heteroatoms. The maximum atomic E-state index is 12.9. The second-order valence-corrected chi connectivity index (χ2v) is 9.10. The third-order valence-corrected chi connectivity index (χ3v) is 6.96. The zero-order valence-corrected chi connectivity index (χ0v) is 17.2. The maximum Gasteiger partial charge on any atom is 0.243 e. The quantitative estimate of drug-likeness (QED) is 0.776. The highest BCUT2D eigenvalue weighted by molar-refractivity contribution is 7.89. The number of benzene rings is 2. The number of nitrogens with one attached hydrogen (secondary N) is 1. The summed E-state index contributed by atoms with van der Waals surface area (Å²) in [5, 5.41) is 3.54. The van der Waals surface area contributed by atoms with Gasteiger partial charge in [-0.3, -0.25) is 4.79 Å². The van der Waals surface area contributed by atoms with Crippen LogP contribution in [-0.2, 0) is 21.4 Å². The van der Waals surface area contributed by atoms with Crippen molar-refractivity contribution in [1.29, 1.82) is 0 Å². The Labute approximate surface area is 170 Å². The standard InChI is InChI=1S/C20H23ClN2O4S/c1-27-18-8-10-19(11-9-18)28(25,26)23-12-2-3-16(14-23)20(24)22-13-15-4-6-17(21)7-5-15/h4-11,16H,2-3,12-14H2,1H3,(H,22,24)/t16-/m0/s1. The van der Waals surface area contributed by atoms with Gasteiger partial charge in [0.2, 0.25) is 15.9 Å². The largest absolute Gasteiger partial charge is 0.497 e. The van der Waals surface area contributed by atoms with Gasteiger partial charge in [-0.15, -0.1) is 0 Å². The lowest BCUT2D eigenvalue weighted by molar-refractivity contribution is -0.126. The molecule has 0 aromatic heterocycles. The summed E-state index contributed by atoms with van der Waals surface area (Å²) < 4.78 is 32.3. The molecule has 1 heterocycles. The maximum absolute atomic E-state index is 12.9. The first-order valence-electron chi connectivity index (χ1n) is 9.06. The van der Waals surface area contributed by atoms with Crippen molar-refractivity contribution in [1.82, 2.24) is 9.62 Å². The zero-order valence-electron chi connectivity index (χ0n) is 15.6. The molecule has 150 valence electrons. The normalized spacial score (nSPS) is 17.9. The Hall–Kier alpha value is -2.09. The van der Waals surface area contributed by atoms with Crippen LogP contribution in [0.1, 0.15) is 18.4 Å². The molecule has 0 spiro atoms. The van der Waals surface area contributed by atoms with Gasteiger partial charge in [-0.1, -0.05) is 23.7 Å². The smallest absolute Gasteiger partial charge is 0.243 e. The lowest BCUT2D eigenvalue weighted by atomic mass is 9.99. The number of piperidine rings is 1. The summed E-state index contributed by atoms with van der Waals surface area (Å²) in [6.45, 7) is 0.980. The number of rotatable bonds is 6. The van der Waals surface area contributed by atoms with Gasteiger partial charge in [-0.2, -0.15) is 4.31 Å². The molecule has 6 nitrogen and oxygen atoms in total. The number of carbonyl (C=O) groups is 1. The fourth-order valence-corrected chi connectivity index (χ4v) is 4.86. The first-order chi connectivity index (χ1) is 13.4. The van der Waals surface area contributed by atoms with Gasteiger partial charge < -0.3 is 10.1 Å². The van der Waals surface area contributed by atoms with Crippen molar-refractivity contribution in [2.75, 3.05) is 20.2 Å². The SMILES string of the molecule is COc1ccc(S(=O)(=O)N2CCC[C@H](C(=O)NCc3ccc(Cl)cc3)C2)cc1. The predicted octanol–water partition coefficient (Wildman–Crippen LogP) is 3.07. The summed E-state index contributed by atoms with van der Waals surface area (Å²) in [5.74, 6) is 0.0932. The highest BCUT2D eigenvalue weighted by atomic mass is 35.5. The van der Waals surface area contributed by atoms with Crippen molar-refractivity contribution in [2.24, 2.45) is 5.92 Å². The molecule has 1 saturated heterocycles. The number of sulfonamides is 1. The molecular formula is C20H23ClN2O4S. The van der Waals surface area contributed by atoms with E-state index < -0.39 is 10.0 Å². The van der Waals surface area contributed by atoms with E-state index in [1.54, 1.807) is 24.3 Å². The summed E-state index contributed by atoms with van der Waals surface area (Å²) >= 11 is 5.87. The summed E-state index contributed by atoms with van der Waals surface area (Å²) in [6.07, 6.45) is 1.31. The van der Waals surface area contributed by atoms with Crippen molar-refractivity contribution >= 4 is 27.5 Å². The minimum atomic E-state index is -3.64. The van der Waals surface area contributed by atoms with Crippen molar-refractivity contribution in [3.8, 4) is 5.75 Å². The van der Waals surface area contributed by atoms with Crippen LogP contribution in [0.5, 0.6) is 5.75 Å². The Bertz CT molecular complexity index is 914. The van der Waals surface area contributed by atoms with Gasteiger partial charge in [-0.25, -0.2) is 8.42 Å². The van der Waals surface area contributed by atoms with Crippen molar-refractivity contribution in [3.63, 3.8) is 0 Å². The van der Waals surface area contributed by atoms with E-state index in [9.17, 15) is 13.2 Å². The molecule has 1 atom stereocenters. The summed E-state index contributed by atoms with van der Waals surface area (Å²) in [6, 6.07) is 13.5. The monoisotopic (exact) mass is 422 g/mol. The fraction of sp³-hybridized carbons (Fsp3) is 0.350. The second kappa shape index (κ2) is 8.94. The van der Waals surface area contributed by atoms with Gasteiger partial charge in [0.1, 0.15) is 5.75 Å². The van der Waals surface area contributed by atoms with E-state index in [4.69, 9.17) is 16.3 Å². The van der Waals surface area contributed by atoms with Gasteiger partial charge in [0.25, 0.3) is 0 Å². The molecule has 0 bridgehead atoms. The Morgan fingerprint density at radius 3 is 2.50 bits per heavy atom. The fourth-order valence-electron chi connectivity index (χ4n) is 3.21. The van der Waals surface area contributed by atoms with Crippen LogP contribution in [0.3, 0.4) is 0 Å². The lowest BCUT2D eigenvalue weighted by Crippen LogP contribution is -2.45. The van der Waals surface area contributed by atoms with Crippen molar-refractivity contribution in [2.45, 2.75) is 24.3 Å². The number of methoxy groups -OCH3 is 1. The lowest BCUT2D eigenvalue weighted by Gasteiger charge is -2.31. The molecule has 2 aromatic rings. The summed E-state index contributed by atoms with van der Waals surface area (Å²) in [5.41, 5.74) is 0.941. The van der Waals surface area contributed by atoms with Crippen LogP contribution in [-0.4, -0.2) is 38.8 Å². The van der Waals surface area contributed by atoms with Gasteiger partial charge in [0.15, 0.2) is 0 Å². The molecule has 1 fully saturated rings. The van der Waals surface area contributed by atoms with E-state index >= 15 is 0 Å². The minimum Gasteiger partial charge on any atom is -0.497 e. The second-order valence-electron chi connectivity index (χ2n) is 6.72. The van der Waals surface area contributed by atoms with Crippen LogP contribution in [0.4, 0.5) is 0 Å². The number of halogens is 1. The minimum absolute atomic E-state index is 0.135. The van der Waals surface area contributed by atoms with Gasteiger partial charge in [-0.05, 0) is 54.8 Å². The van der Waals surface area contributed by atoms with Crippen LogP contribution >= 0.6 is 11.6 Å². The number of hydrogen-bond acceptors (Lipinski definition) is 4. The number of nitrogens with zero attached hydrogens (tertiary/aromatic N) is 1. The number of carbonyl (C=O) groups excluding carboxylic acids is 1. The van der Waals surface area contributed by atoms with Crippen LogP contribution in [0.15, 0.2) is 53.4 Å². The van der Waals surface area contributed by atoms with E-state index in [0.717, 1.165) is 5.56 Å². The van der Waals surface area contributed by atoms with E-state index in [-0.39, 0.29) is 23.3 Å². The number of amides is 1. The summed E-state index contributed by atoms with van der Waals surface area (Å²) in [7, 11) is -2.11. The Kier molecular flexibility index (Phi) is 6.59. The Morgan fingerprint density at radius 1 is 1.18 bits per heavy atom. The zero-order chi connectivity index (χ0) is 20.1. The number of ether oxygens (including phenoxy) is 1. The van der Waals surface area contributed by atoms with Gasteiger partial charge >= 0.3 is 0 Å². The number of hydrogen-bond donors (Lipinski definition) is 1. The van der Waals surface area contributed by atoms with Crippen LogP contribution < -0.4 is 10.1 Å². The van der Waals surface area contributed by atoms with E-state index in [1.807, 2.05) is 12.1 Å². The van der Waals surface area contributed by atoms with Gasteiger partial charge in [0.05, 0.1) is 17.9 Å². The highest BCUT2D eigenvalue weighted by Gasteiger charge is 2.33. The van der Waals surface area contributed by atoms with Crippen LogP contribution in [0.2, 0.25) is 5.02 Å². The molecule has 1 aliphatic rings. The summed E-state index contributed by atoms with van der Waals surface area (Å²) in [4.78, 5) is 12.8. The van der Waals surface area contributed by atoms with Gasteiger partial charge in [0, 0.05) is 24.7 Å². The Balaban J connectivity index is 1.63. The average Bonchev–Trinajstić information content (AvgIpc) is 2.73. The van der Waals surface area contributed by atoms with E-state index in [1.165, 1.54) is 23.5 Å². The highest BCUT2D eigenvalue weighted by Crippen LogP contribution is 2.25. The Morgan fingerprint density at radius 2 is 1.86 bits per heavy atom. The molecular weight excluding hydrogens is 400 g/mol. The van der Waals surface area contributed by atoms with Crippen LogP contribution in [0.25, 0.3) is 0 Å². The van der Waals surface area contributed by atoms with E-state index in [2.05, 4.69) is 5.32 Å². The molecule has 2 aromatic carbocycles. The first kappa shape index (κ1) is 20.6.